The van der Waals surface area contributed by atoms with Crippen molar-refractivity contribution in [1.82, 2.24) is 10.2 Å². The van der Waals surface area contributed by atoms with Crippen molar-refractivity contribution in [3.63, 3.8) is 0 Å². The monoisotopic (exact) mass is 211 g/mol. The van der Waals surface area contributed by atoms with E-state index in [1.54, 1.807) is 4.90 Å². The lowest BCUT2D eigenvalue weighted by molar-refractivity contribution is -0.132. The molecule has 0 spiro atoms. The molecule has 0 saturated heterocycles. The molecule has 0 bridgehead atoms. The van der Waals surface area contributed by atoms with Gasteiger partial charge in [0, 0.05) is 25.6 Å². The Morgan fingerprint density at radius 3 is 2.67 bits per heavy atom. The second-order valence-electron chi connectivity index (χ2n) is 3.69. The number of nitriles is 1. The number of amides is 1. The van der Waals surface area contributed by atoms with Crippen molar-refractivity contribution >= 4 is 5.91 Å². The fourth-order valence-corrected chi connectivity index (χ4v) is 1.36. The van der Waals surface area contributed by atoms with Gasteiger partial charge in [0.25, 0.3) is 0 Å². The molecule has 15 heavy (non-hydrogen) atoms. The Morgan fingerprint density at radius 1 is 1.53 bits per heavy atom. The molecule has 0 aromatic heterocycles. The normalized spacial score (nSPS) is 10.1. The van der Waals surface area contributed by atoms with E-state index in [9.17, 15) is 4.79 Å². The van der Waals surface area contributed by atoms with Crippen LogP contribution < -0.4 is 5.32 Å². The number of hydrogen-bond acceptors (Lipinski definition) is 3. The van der Waals surface area contributed by atoms with Crippen LogP contribution in [0.1, 0.15) is 33.6 Å². The molecule has 1 N–H and O–H groups in total. The van der Waals surface area contributed by atoms with E-state index < -0.39 is 0 Å². The van der Waals surface area contributed by atoms with Crippen molar-refractivity contribution in [3.8, 4) is 6.07 Å². The van der Waals surface area contributed by atoms with Gasteiger partial charge in [-0.25, -0.2) is 0 Å². The molecule has 0 saturated carbocycles. The molecule has 4 nitrogen and oxygen atoms in total. The molecular weight excluding hydrogens is 190 g/mol. The molecule has 1 amide bonds. The van der Waals surface area contributed by atoms with Crippen LogP contribution in [0.4, 0.5) is 0 Å². The molecule has 0 aliphatic rings. The molecule has 0 atom stereocenters. The first-order chi connectivity index (χ1) is 7.13. The van der Waals surface area contributed by atoms with Crippen LogP contribution in [-0.2, 0) is 4.79 Å². The highest BCUT2D eigenvalue weighted by Crippen LogP contribution is 2.02. The van der Waals surface area contributed by atoms with E-state index in [0.717, 1.165) is 6.54 Å². The summed E-state index contributed by atoms with van der Waals surface area (Å²) in [5.74, 6) is 0.126. The van der Waals surface area contributed by atoms with E-state index in [-0.39, 0.29) is 11.9 Å². The third-order valence-electron chi connectivity index (χ3n) is 2.17. The van der Waals surface area contributed by atoms with Crippen molar-refractivity contribution < 1.29 is 4.79 Å². The zero-order chi connectivity index (χ0) is 11.7. The molecule has 0 radical (unpaired) electrons. The Bertz CT molecular complexity index is 220. The van der Waals surface area contributed by atoms with Gasteiger partial charge in [-0.3, -0.25) is 4.79 Å². The molecule has 0 aromatic rings. The summed E-state index contributed by atoms with van der Waals surface area (Å²) in [6.45, 7) is 8.10. The van der Waals surface area contributed by atoms with E-state index >= 15 is 0 Å². The minimum absolute atomic E-state index is 0.126. The third kappa shape index (κ3) is 6.08. The van der Waals surface area contributed by atoms with Gasteiger partial charge in [-0.05, 0) is 20.4 Å². The highest BCUT2D eigenvalue weighted by atomic mass is 16.2. The topological polar surface area (TPSA) is 56.1 Å². The van der Waals surface area contributed by atoms with E-state index in [1.807, 2.05) is 20.8 Å². The number of nitrogens with one attached hydrogen (secondary N) is 1. The van der Waals surface area contributed by atoms with Crippen LogP contribution in [0, 0.1) is 11.3 Å². The van der Waals surface area contributed by atoms with Crippen LogP contribution in [0.15, 0.2) is 0 Å². The molecule has 0 aliphatic carbocycles. The van der Waals surface area contributed by atoms with Gasteiger partial charge in [0.05, 0.1) is 12.5 Å². The summed E-state index contributed by atoms with van der Waals surface area (Å²) in [5.41, 5.74) is 0. The van der Waals surface area contributed by atoms with Crippen molar-refractivity contribution in [2.45, 2.75) is 39.7 Å². The Kier molecular flexibility index (Phi) is 7.65. The number of nitrogens with zero attached hydrogens (tertiary/aromatic N) is 2. The van der Waals surface area contributed by atoms with Crippen LogP contribution in [-0.4, -0.2) is 36.5 Å². The Labute approximate surface area is 92.3 Å². The van der Waals surface area contributed by atoms with Gasteiger partial charge in [0.2, 0.25) is 5.91 Å². The summed E-state index contributed by atoms with van der Waals surface area (Å²) in [7, 11) is 0. The lowest BCUT2D eigenvalue weighted by atomic mass is 10.2. The molecular formula is C11H21N3O. The second kappa shape index (κ2) is 8.25. The Hall–Kier alpha value is -1.08. The number of carbonyl (C=O) groups is 1. The first-order valence-corrected chi connectivity index (χ1v) is 5.50. The van der Waals surface area contributed by atoms with Gasteiger partial charge < -0.3 is 10.2 Å². The zero-order valence-electron chi connectivity index (χ0n) is 9.92. The summed E-state index contributed by atoms with van der Waals surface area (Å²) >= 11 is 0. The van der Waals surface area contributed by atoms with E-state index in [1.165, 1.54) is 0 Å². The standard InChI is InChI=1S/C11H21N3O/c1-4-13-8-6-11(15)14(10(2)3)9-5-7-12/h10,13H,4-6,8-9H2,1-3H3. The van der Waals surface area contributed by atoms with Crippen LogP contribution in [0.2, 0.25) is 0 Å². The minimum atomic E-state index is 0.126. The maximum atomic E-state index is 11.7. The predicted molar refractivity (Wildman–Crippen MR) is 60.2 cm³/mol. The summed E-state index contributed by atoms with van der Waals surface area (Å²) in [5, 5.41) is 11.6. The van der Waals surface area contributed by atoms with Gasteiger partial charge >= 0.3 is 0 Å². The summed E-state index contributed by atoms with van der Waals surface area (Å²) < 4.78 is 0. The SMILES string of the molecule is CCNCCC(=O)N(CCC#N)C(C)C. The van der Waals surface area contributed by atoms with Gasteiger partial charge in [0.1, 0.15) is 0 Å². The van der Waals surface area contributed by atoms with Crippen LogP contribution in [0.3, 0.4) is 0 Å². The first kappa shape index (κ1) is 13.9. The van der Waals surface area contributed by atoms with Crippen LogP contribution in [0.25, 0.3) is 0 Å². The molecule has 86 valence electrons. The molecule has 0 fully saturated rings. The van der Waals surface area contributed by atoms with Gasteiger partial charge in [-0.15, -0.1) is 0 Å². The maximum Gasteiger partial charge on any atom is 0.224 e. The van der Waals surface area contributed by atoms with Gasteiger partial charge in [-0.1, -0.05) is 6.92 Å². The Morgan fingerprint density at radius 2 is 2.20 bits per heavy atom. The fourth-order valence-electron chi connectivity index (χ4n) is 1.36. The zero-order valence-corrected chi connectivity index (χ0v) is 9.92. The average Bonchev–Trinajstić information content (AvgIpc) is 2.18. The molecule has 4 heteroatoms. The largest absolute Gasteiger partial charge is 0.339 e. The van der Waals surface area contributed by atoms with Crippen LogP contribution in [0.5, 0.6) is 0 Å². The molecule has 0 aromatic carbocycles. The van der Waals surface area contributed by atoms with E-state index in [4.69, 9.17) is 5.26 Å². The predicted octanol–water partition coefficient (Wildman–Crippen LogP) is 1.14. The third-order valence-corrected chi connectivity index (χ3v) is 2.17. The van der Waals surface area contributed by atoms with Crippen molar-refractivity contribution in [3.05, 3.63) is 0 Å². The smallest absolute Gasteiger partial charge is 0.224 e. The number of rotatable bonds is 7. The lowest BCUT2D eigenvalue weighted by Crippen LogP contribution is -2.38. The lowest BCUT2D eigenvalue weighted by Gasteiger charge is -2.25. The van der Waals surface area contributed by atoms with Gasteiger partial charge in [0.15, 0.2) is 0 Å². The summed E-state index contributed by atoms with van der Waals surface area (Å²) in [4.78, 5) is 13.5. The Balaban J connectivity index is 4.00. The second-order valence-corrected chi connectivity index (χ2v) is 3.69. The molecule has 0 aliphatic heterocycles. The molecule has 0 heterocycles. The van der Waals surface area contributed by atoms with Crippen molar-refractivity contribution in [2.75, 3.05) is 19.6 Å². The molecule has 0 unspecified atom stereocenters. The number of hydrogen-bond donors (Lipinski definition) is 1. The fraction of sp³-hybridized carbons (Fsp3) is 0.818. The maximum absolute atomic E-state index is 11.7. The highest BCUT2D eigenvalue weighted by Gasteiger charge is 2.15. The van der Waals surface area contributed by atoms with E-state index in [2.05, 4.69) is 11.4 Å². The highest BCUT2D eigenvalue weighted by molar-refractivity contribution is 5.76. The summed E-state index contributed by atoms with van der Waals surface area (Å²) in [6.07, 6.45) is 0.919. The first-order valence-electron chi connectivity index (χ1n) is 5.50. The quantitative estimate of drug-likeness (QED) is 0.642. The minimum Gasteiger partial charge on any atom is -0.339 e. The number of carbonyl (C=O) groups excluding carboxylic acids is 1. The summed E-state index contributed by atoms with van der Waals surface area (Å²) in [6, 6.07) is 2.24. The van der Waals surface area contributed by atoms with Gasteiger partial charge in [-0.2, -0.15) is 5.26 Å². The van der Waals surface area contributed by atoms with Crippen molar-refractivity contribution in [2.24, 2.45) is 0 Å². The van der Waals surface area contributed by atoms with Crippen molar-refractivity contribution in [1.29, 1.82) is 5.26 Å². The van der Waals surface area contributed by atoms with Crippen LogP contribution >= 0.6 is 0 Å². The van der Waals surface area contributed by atoms with E-state index in [0.29, 0.717) is 25.9 Å². The average molecular weight is 211 g/mol. The molecule has 0 rings (SSSR count).